The molecule has 0 heterocycles. The average Bonchev–Trinajstić information content (AvgIpc) is 2.91. The number of rotatable bonds is 5. The van der Waals surface area contributed by atoms with Gasteiger partial charge in [0.15, 0.2) is 0 Å². The second-order valence-electron chi connectivity index (χ2n) is 3.98. The van der Waals surface area contributed by atoms with Crippen molar-refractivity contribution < 1.29 is 14.2 Å². The van der Waals surface area contributed by atoms with Crippen molar-refractivity contribution in [1.82, 2.24) is 0 Å². The van der Waals surface area contributed by atoms with Gasteiger partial charge >= 0.3 is 0 Å². The van der Waals surface area contributed by atoms with Gasteiger partial charge in [0.1, 0.15) is 17.2 Å². The zero-order valence-corrected chi connectivity index (χ0v) is 10.9. The van der Waals surface area contributed by atoms with Crippen molar-refractivity contribution in [2.24, 2.45) is 0 Å². The SMILES string of the molecule is COc1cc(OC)c(C[C]2[CH][CH][CH][CH]2)c(OC)c1. The summed E-state index contributed by atoms with van der Waals surface area (Å²) in [7, 11) is 4.94. The van der Waals surface area contributed by atoms with Crippen LogP contribution < -0.4 is 14.2 Å². The Bertz CT molecular complexity index is 370. The molecule has 0 unspecified atom stereocenters. The van der Waals surface area contributed by atoms with Gasteiger partial charge in [0.25, 0.3) is 0 Å². The van der Waals surface area contributed by atoms with Gasteiger partial charge < -0.3 is 14.2 Å². The highest BCUT2D eigenvalue weighted by Gasteiger charge is 2.22. The van der Waals surface area contributed by atoms with E-state index in [4.69, 9.17) is 14.2 Å². The molecule has 18 heavy (non-hydrogen) atoms. The molecule has 0 N–H and O–H groups in total. The predicted octanol–water partition coefficient (Wildman–Crippen LogP) is 2.66. The van der Waals surface area contributed by atoms with Crippen LogP contribution in [0.15, 0.2) is 12.1 Å². The second-order valence-corrected chi connectivity index (χ2v) is 3.98. The third-order valence-corrected chi connectivity index (χ3v) is 2.93. The Morgan fingerprint density at radius 2 is 1.39 bits per heavy atom. The van der Waals surface area contributed by atoms with Gasteiger partial charge in [-0.2, -0.15) is 0 Å². The Hall–Kier alpha value is -1.38. The molecule has 0 atom stereocenters. The lowest BCUT2D eigenvalue weighted by Gasteiger charge is -2.17. The standard InChI is InChI=1S/C15H17O3/c1-16-12-9-14(17-2)13(15(10-12)18-3)8-11-6-4-5-7-11/h4-7,9-10H,8H2,1-3H3. The Kier molecular flexibility index (Phi) is 4.34. The van der Waals surface area contributed by atoms with E-state index in [-0.39, 0.29) is 0 Å². The molecule has 95 valence electrons. The molecule has 1 fully saturated rings. The van der Waals surface area contributed by atoms with Crippen LogP contribution in [0.3, 0.4) is 0 Å². The minimum absolute atomic E-state index is 0.731. The number of hydrogen-bond donors (Lipinski definition) is 0. The maximum atomic E-state index is 5.42. The molecular weight excluding hydrogens is 228 g/mol. The molecule has 1 aliphatic carbocycles. The van der Waals surface area contributed by atoms with Crippen LogP contribution in [0.1, 0.15) is 5.56 Å². The van der Waals surface area contributed by atoms with E-state index in [9.17, 15) is 0 Å². The monoisotopic (exact) mass is 245 g/mol. The van der Waals surface area contributed by atoms with Crippen LogP contribution in [0, 0.1) is 31.6 Å². The van der Waals surface area contributed by atoms with E-state index >= 15 is 0 Å². The van der Waals surface area contributed by atoms with Gasteiger partial charge in [-0.25, -0.2) is 0 Å². The first-order valence-corrected chi connectivity index (χ1v) is 5.78. The van der Waals surface area contributed by atoms with Crippen LogP contribution in [-0.2, 0) is 6.42 Å². The molecule has 5 radical (unpaired) electrons. The van der Waals surface area contributed by atoms with Crippen LogP contribution in [0.25, 0.3) is 0 Å². The van der Waals surface area contributed by atoms with Crippen molar-refractivity contribution in [3.63, 3.8) is 0 Å². The van der Waals surface area contributed by atoms with Crippen molar-refractivity contribution in [2.75, 3.05) is 21.3 Å². The molecule has 0 aromatic heterocycles. The first-order chi connectivity index (χ1) is 8.78. The number of benzene rings is 1. The fourth-order valence-electron chi connectivity index (χ4n) is 1.99. The molecule has 1 aromatic carbocycles. The first-order valence-electron chi connectivity index (χ1n) is 5.78. The largest absolute Gasteiger partial charge is 0.496 e. The van der Waals surface area contributed by atoms with Crippen molar-refractivity contribution >= 4 is 0 Å². The molecule has 1 aliphatic rings. The van der Waals surface area contributed by atoms with E-state index in [0.717, 1.165) is 29.2 Å². The van der Waals surface area contributed by atoms with Gasteiger partial charge in [0, 0.05) is 17.7 Å². The molecule has 0 bridgehead atoms. The van der Waals surface area contributed by atoms with Gasteiger partial charge in [-0.15, -0.1) is 0 Å². The lowest BCUT2D eigenvalue weighted by Crippen LogP contribution is -2.03. The van der Waals surface area contributed by atoms with Crippen LogP contribution in [-0.4, -0.2) is 21.3 Å². The van der Waals surface area contributed by atoms with E-state index in [0.29, 0.717) is 0 Å². The molecule has 3 heteroatoms. The molecule has 2 rings (SSSR count). The summed E-state index contributed by atoms with van der Waals surface area (Å²) in [6.07, 6.45) is 9.01. The van der Waals surface area contributed by atoms with Crippen molar-refractivity contribution in [3.8, 4) is 17.2 Å². The van der Waals surface area contributed by atoms with Crippen LogP contribution >= 0.6 is 0 Å². The number of hydrogen-bond acceptors (Lipinski definition) is 3. The molecule has 1 saturated carbocycles. The summed E-state index contributed by atoms with van der Waals surface area (Å²) in [5.41, 5.74) is 1.03. The van der Waals surface area contributed by atoms with Gasteiger partial charge in [-0.1, -0.05) is 0 Å². The highest BCUT2D eigenvalue weighted by Crippen LogP contribution is 2.38. The minimum Gasteiger partial charge on any atom is -0.496 e. The maximum Gasteiger partial charge on any atom is 0.129 e. The van der Waals surface area contributed by atoms with E-state index in [1.165, 1.54) is 5.92 Å². The van der Waals surface area contributed by atoms with Gasteiger partial charge in [0.2, 0.25) is 0 Å². The Morgan fingerprint density at radius 3 is 1.83 bits per heavy atom. The van der Waals surface area contributed by atoms with E-state index in [1.807, 2.05) is 25.0 Å². The lowest BCUT2D eigenvalue weighted by atomic mass is 9.96. The van der Waals surface area contributed by atoms with E-state index < -0.39 is 0 Å². The summed E-state index contributed by atoms with van der Waals surface area (Å²) in [4.78, 5) is 0. The topological polar surface area (TPSA) is 27.7 Å². The third-order valence-electron chi connectivity index (χ3n) is 2.93. The summed E-state index contributed by atoms with van der Waals surface area (Å²) in [6.45, 7) is 0. The molecule has 0 aliphatic heterocycles. The smallest absolute Gasteiger partial charge is 0.129 e. The quantitative estimate of drug-likeness (QED) is 0.798. The zero-order chi connectivity index (χ0) is 13.0. The Balaban J connectivity index is 2.29. The maximum absolute atomic E-state index is 5.42. The normalized spacial score (nSPS) is 15.7. The number of ether oxygens (including phenoxy) is 3. The summed E-state index contributed by atoms with van der Waals surface area (Å²) >= 11 is 0. The minimum atomic E-state index is 0.731. The third kappa shape index (κ3) is 2.71. The Morgan fingerprint density at radius 1 is 0.833 bits per heavy atom. The van der Waals surface area contributed by atoms with Gasteiger partial charge in [-0.3, -0.25) is 0 Å². The van der Waals surface area contributed by atoms with Crippen LogP contribution in [0.4, 0.5) is 0 Å². The van der Waals surface area contributed by atoms with E-state index in [2.05, 4.69) is 12.8 Å². The molecule has 0 spiro atoms. The first kappa shape index (κ1) is 13.1. The highest BCUT2D eigenvalue weighted by molar-refractivity contribution is 5.53. The summed E-state index contributed by atoms with van der Waals surface area (Å²) in [5, 5.41) is 0. The van der Waals surface area contributed by atoms with Crippen molar-refractivity contribution in [2.45, 2.75) is 6.42 Å². The van der Waals surface area contributed by atoms with Gasteiger partial charge in [-0.05, 0) is 38.0 Å². The molecule has 0 saturated heterocycles. The molecular formula is C15H17O3. The average molecular weight is 245 g/mol. The Labute approximate surface area is 109 Å². The lowest BCUT2D eigenvalue weighted by molar-refractivity contribution is 0.369. The van der Waals surface area contributed by atoms with Crippen LogP contribution in [0.5, 0.6) is 17.2 Å². The summed E-state index contributed by atoms with van der Waals surface area (Å²) < 4.78 is 16.1. The van der Waals surface area contributed by atoms with E-state index in [1.54, 1.807) is 21.3 Å². The fraction of sp³-hybridized carbons (Fsp3) is 0.267. The summed E-state index contributed by atoms with van der Waals surface area (Å²) in [6, 6.07) is 3.75. The highest BCUT2D eigenvalue weighted by atomic mass is 16.5. The zero-order valence-electron chi connectivity index (χ0n) is 10.9. The molecule has 1 aromatic rings. The molecule has 3 nitrogen and oxygen atoms in total. The van der Waals surface area contributed by atoms with Crippen LogP contribution in [0.2, 0.25) is 0 Å². The summed E-state index contributed by atoms with van der Waals surface area (Å²) in [5.74, 6) is 3.53. The van der Waals surface area contributed by atoms with Crippen molar-refractivity contribution in [3.05, 3.63) is 49.3 Å². The van der Waals surface area contributed by atoms with Gasteiger partial charge in [0.05, 0.1) is 21.3 Å². The molecule has 0 amide bonds. The predicted molar refractivity (Wildman–Crippen MR) is 70.2 cm³/mol. The fourth-order valence-corrected chi connectivity index (χ4v) is 1.99. The second kappa shape index (κ2) is 5.98. The number of methoxy groups -OCH3 is 3. The van der Waals surface area contributed by atoms with Crippen molar-refractivity contribution in [1.29, 1.82) is 0 Å².